The number of carbonyl (C=O) groups is 1. The van der Waals surface area contributed by atoms with Crippen LogP contribution in [0.3, 0.4) is 0 Å². The number of carbonyl (C=O) groups excluding carboxylic acids is 1. The molecule has 0 saturated carbocycles. The highest BCUT2D eigenvalue weighted by atomic mass is 35.5. The van der Waals surface area contributed by atoms with Crippen molar-refractivity contribution in [3.05, 3.63) is 59.4 Å². The van der Waals surface area contributed by atoms with Crippen LogP contribution >= 0.6 is 11.6 Å². The van der Waals surface area contributed by atoms with Gasteiger partial charge in [-0.15, -0.1) is 11.6 Å². The van der Waals surface area contributed by atoms with E-state index in [1.165, 1.54) is 6.07 Å². The third-order valence-electron chi connectivity index (χ3n) is 3.42. The van der Waals surface area contributed by atoms with E-state index in [2.05, 4.69) is 0 Å². The van der Waals surface area contributed by atoms with E-state index >= 15 is 0 Å². The Morgan fingerprint density at radius 3 is 2.64 bits per heavy atom. The van der Waals surface area contributed by atoms with Crippen molar-refractivity contribution in [1.82, 2.24) is 0 Å². The van der Waals surface area contributed by atoms with Crippen molar-refractivity contribution in [3.63, 3.8) is 0 Å². The van der Waals surface area contributed by atoms with Gasteiger partial charge in [0.15, 0.2) is 0 Å². The Balaban J connectivity index is 1.90. The maximum atomic E-state index is 13.2. The predicted octanol–water partition coefficient (Wildman–Crippen LogP) is 3.31. The molecular weight excluding hydrogens is 349 g/mol. The van der Waals surface area contributed by atoms with E-state index < -0.39 is 17.9 Å². The summed E-state index contributed by atoms with van der Waals surface area (Å²) in [5.41, 5.74) is 6.22. The van der Waals surface area contributed by atoms with Crippen molar-refractivity contribution < 1.29 is 23.8 Å². The van der Waals surface area contributed by atoms with Crippen LogP contribution in [-0.2, 0) is 4.74 Å². The minimum absolute atomic E-state index is 0.0739. The molecule has 0 amide bonds. The van der Waals surface area contributed by atoms with E-state index in [1.54, 1.807) is 24.3 Å². The number of nitrogen functional groups attached to an aromatic ring is 1. The first-order chi connectivity index (χ1) is 12.0. The van der Waals surface area contributed by atoms with Gasteiger partial charge in [0.1, 0.15) is 24.3 Å². The van der Waals surface area contributed by atoms with Crippen LogP contribution in [0.25, 0.3) is 0 Å². The lowest BCUT2D eigenvalue weighted by atomic mass is 10.1. The smallest absolute Gasteiger partial charge is 0.340 e. The number of alkyl halides is 1. The van der Waals surface area contributed by atoms with Gasteiger partial charge in [-0.1, -0.05) is 12.1 Å². The Bertz CT molecular complexity index is 709. The monoisotopic (exact) mass is 367 g/mol. The van der Waals surface area contributed by atoms with E-state index in [-0.39, 0.29) is 17.9 Å². The van der Waals surface area contributed by atoms with Crippen molar-refractivity contribution in [2.24, 2.45) is 0 Å². The molecule has 7 heteroatoms. The molecule has 0 aliphatic carbocycles. The summed E-state index contributed by atoms with van der Waals surface area (Å²) in [5.74, 6) is -0.202. The highest BCUT2D eigenvalue weighted by Crippen LogP contribution is 2.20. The number of ether oxygens (including phenoxy) is 2. The maximum Gasteiger partial charge on any atom is 0.340 e. The van der Waals surface area contributed by atoms with Gasteiger partial charge in [0.05, 0.1) is 12.2 Å². The number of hydrogen-bond donors (Lipinski definition) is 2. The van der Waals surface area contributed by atoms with Gasteiger partial charge in [-0.3, -0.25) is 0 Å². The summed E-state index contributed by atoms with van der Waals surface area (Å²) in [6.45, 7) is 0.235. The second-order valence-corrected chi connectivity index (χ2v) is 5.68. The molecular formula is C18H19ClFNO4. The summed E-state index contributed by atoms with van der Waals surface area (Å²) in [7, 11) is 0. The van der Waals surface area contributed by atoms with Gasteiger partial charge in [-0.05, 0) is 42.3 Å². The molecule has 2 aromatic rings. The molecule has 0 radical (unpaired) electrons. The molecule has 0 fully saturated rings. The number of nitrogens with two attached hydrogens (primary N) is 1. The van der Waals surface area contributed by atoms with Crippen molar-refractivity contribution in [2.45, 2.75) is 12.5 Å². The fraction of sp³-hybridized carbons (Fsp3) is 0.278. The molecule has 25 heavy (non-hydrogen) atoms. The standard InChI is InChI=1S/C18H19ClFNO4/c19-8-1-9-24-14-5-2-12(3-6-14)17(22)11-25-18(23)15-10-13(20)4-7-16(15)21/h2-7,10,17,22H,1,8-9,11,21H2. The maximum absolute atomic E-state index is 13.2. The summed E-state index contributed by atoms with van der Waals surface area (Å²) in [6, 6.07) is 10.2. The number of benzene rings is 2. The van der Waals surface area contributed by atoms with Gasteiger partial charge >= 0.3 is 5.97 Å². The van der Waals surface area contributed by atoms with Crippen molar-refractivity contribution in [2.75, 3.05) is 24.8 Å². The average molecular weight is 368 g/mol. The lowest BCUT2D eigenvalue weighted by Gasteiger charge is -2.13. The molecule has 0 spiro atoms. The Labute approximate surface area is 150 Å². The number of hydrogen-bond acceptors (Lipinski definition) is 5. The first kappa shape index (κ1) is 19.0. The molecule has 0 aromatic heterocycles. The molecule has 0 aliphatic heterocycles. The van der Waals surface area contributed by atoms with E-state index in [9.17, 15) is 14.3 Å². The zero-order valence-corrected chi connectivity index (χ0v) is 14.2. The van der Waals surface area contributed by atoms with Crippen LogP contribution in [0.1, 0.15) is 28.4 Å². The van der Waals surface area contributed by atoms with E-state index in [1.807, 2.05) is 0 Å². The van der Waals surface area contributed by atoms with Crippen LogP contribution in [0, 0.1) is 5.82 Å². The van der Waals surface area contributed by atoms with Gasteiger partial charge in [0, 0.05) is 11.6 Å². The number of halogens is 2. The number of esters is 1. The lowest BCUT2D eigenvalue weighted by molar-refractivity contribution is 0.0254. The third-order valence-corrected chi connectivity index (χ3v) is 3.69. The molecule has 134 valence electrons. The van der Waals surface area contributed by atoms with Gasteiger partial charge in [-0.25, -0.2) is 9.18 Å². The van der Waals surface area contributed by atoms with Crippen LogP contribution in [0.4, 0.5) is 10.1 Å². The molecule has 0 bridgehead atoms. The number of rotatable bonds is 8. The summed E-state index contributed by atoms with van der Waals surface area (Å²) < 4.78 is 23.7. The van der Waals surface area contributed by atoms with Crippen LogP contribution in [0.2, 0.25) is 0 Å². The molecule has 2 aromatic carbocycles. The van der Waals surface area contributed by atoms with Crippen molar-refractivity contribution in [3.8, 4) is 5.75 Å². The van der Waals surface area contributed by atoms with E-state index in [0.717, 1.165) is 18.6 Å². The topological polar surface area (TPSA) is 81.8 Å². The van der Waals surface area contributed by atoms with Gasteiger partial charge in [0.2, 0.25) is 0 Å². The Morgan fingerprint density at radius 1 is 1.24 bits per heavy atom. The van der Waals surface area contributed by atoms with E-state index in [4.69, 9.17) is 26.8 Å². The SMILES string of the molecule is Nc1ccc(F)cc1C(=O)OCC(O)c1ccc(OCCCCl)cc1. The highest BCUT2D eigenvalue weighted by molar-refractivity contribution is 6.17. The van der Waals surface area contributed by atoms with Crippen molar-refractivity contribution in [1.29, 1.82) is 0 Å². The van der Waals surface area contributed by atoms with Gasteiger partial charge in [0.25, 0.3) is 0 Å². The molecule has 0 heterocycles. The van der Waals surface area contributed by atoms with Crippen LogP contribution in [0.15, 0.2) is 42.5 Å². The quantitative estimate of drug-likeness (QED) is 0.324. The van der Waals surface area contributed by atoms with Crippen molar-refractivity contribution >= 4 is 23.3 Å². The normalized spacial score (nSPS) is 11.8. The highest BCUT2D eigenvalue weighted by Gasteiger charge is 2.15. The van der Waals surface area contributed by atoms with Gasteiger partial charge in [-0.2, -0.15) is 0 Å². The fourth-order valence-electron chi connectivity index (χ4n) is 2.06. The van der Waals surface area contributed by atoms with Crippen LogP contribution < -0.4 is 10.5 Å². The fourth-order valence-corrected chi connectivity index (χ4v) is 2.17. The third kappa shape index (κ3) is 5.62. The van der Waals surface area contributed by atoms with Gasteiger partial charge < -0.3 is 20.3 Å². The van der Waals surface area contributed by atoms with Crippen LogP contribution in [-0.4, -0.2) is 30.2 Å². The summed E-state index contributed by atoms with van der Waals surface area (Å²) in [5, 5.41) is 10.1. The number of anilines is 1. The molecule has 1 atom stereocenters. The molecule has 5 nitrogen and oxygen atoms in total. The molecule has 0 saturated heterocycles. The molecule has 0 aliphatic rings. The Hall–Kier alpha value is -2.31. The van der Waals surface area contributed by atoms with E-state index in [0.29, 0.717) is 23.8 Å². The first-order valence-corrected chi connectivity index (χ1v) is 8.23. The summed E-state index contributed by atoms with van der Waals surface area (Å²) in [6.07, 6.45) is -0.277. The molecule has 1 unspecified atom stereocenters. The molecule has 3 N–H and O–H groups in total. The summed E-state index contributed by atoms with van der Waals surface area (Å²) >= 11 is 5.57. The largest absolute Gasteiger partial charge is 0.494 e. The lowest BCUT2D eigenvalue weighted by Crippen LogP contribution is -2.14. The number of aliphatic hydroxyl groups excluding tert-OH is 1. The second kappa shape index (κ2) is 9.25. The van der Waals surface area contributed by atoms with Crippen LogP contribution in [0.5, 0.6) is 5.75 Å². The second-order valence-electron chi connectivity index (χ2n) is 5.31. The summed E-state index contributed by atoms with van der Waals surface area (Å²) in [4.78, 5) is 11.9. The predicted molar refractivity (Wildman–Crippen MR) is 93.3 cm³/mol. The average Bonchev–Trinajstić information content (AvgIpc) is 2.62. The zero-order valence-electron chi connectivity index (χ0n) is 13.5. The minimum atomic E-state index is -1.02. The Morgan fingerprint density at radius 2 is 1.96 bits per heavy atom. The zero-order chi connectivity index (χ0) is 18.2. The first-order valence-electron chi connectivity index (χ1n) is 7.70. The number of aliphatic hydroxyl groups is 1. The minimum Gasteiger partial charge on any atom is -0.494 e. The Kier molecular flexibility index (Phi) is 7.03. The molecule has 2 rings (SSSR count).